The lowest BCUT2D eigenvalue weighted by Crippen LogP contribution is -2.42. The Bertz CT molecular complexity index is 574. The van der Waals surface area contributed by atoms with E-state index in [1.54, 1.807) is 0 Å². The Kier molecular flexibility index (Phi) is 7.58. The Morgan fingerprint density at radius 2 is 2.00 bits per heavy atom. The first-order chi connectivity index (χ1) is 11.6. The second-order valence-electron chi connectivity index (χ2n) is 7.71. The second kappa shape index (κ2) is 9.24. The molecular formula is C19H34IN5. The Hall–Kier alpha value is -0.790. The van der Waals surface area contributed by atoms with E-state index in [2.05, 4.69) is 44.9 Å². The van der Waals surface area contributed by atoms with E-state index in [1.165, 1.54) is 50.8 Å². The topological polar surface area (TPSA) is 45.5 Å². The van der Waals surface area contributed by atoms with Crippen LogP contribution < -0.4 is 5.32 Å². The Morgan fingerprint density at radius 3 is 2.64 bits per heavy atom. The summed E-state index contributed by atoms with van der Waals surface area (Å²) < 4.78 is 2.10. The number of nitrogens with one attached hydrogen (secondary N) is 1. The smallest absolute Gasteiger partial charge is 0.193 e. The van der Waals surface area contributed by atoms with Crippen molar-refractivity contribution in [2.45, 2.75) is 65.3 Å². The van der Waals surface area contributed by atoms with Gasteiger partial charge in [-0.05, 0) is 51.0 Å². The summed E-state index contributed by atoms with van der Waals surface area (Å²) in [5.74, 6) is 1.09. The fourth-order valence-electron chi connectivity index (χ4n) is 4.49. The number of hydrogen-bond donors (Lipinski definition) is 1. The summed E-state index contributed by atoms with van der Waals surface area (Å²) in [7, 11) is 1.91. The van der Waals surface area contributed by atoms with Gasteiger partial charge in [-0.3, -0.25) is 9.67 Å². The number of nitrogens with zero attached hydrogens (tertiary/aromatic N) is 4. The van der Waals surface area contributed by atoms with E-state index in [1.807, 2.05) is 7.05 Å². The quantitative estimate of drug-likeness (QED) is 0.323. The first-order valence-corrected chi connectivity index (χ1v) is 9.59. The zero-order valence-electron chi connectivity index (χ0n) is 16.1. The van der Waals surface area contributed by atoms with E-state index in [-0.39, 0.29) is 24.0 Å². The number of aliphatic imine (C=N–C) groups is 1. The molecule has 0 aromatic carbocycles. The van der Waals surface area contributed by atoms with Gasteiger partial charge in [-0.15, -0.1) is 24.0 Å². The Balaban J connectivity index is 0.00000225. The van der Waals surface area contributed by atoms with Gasteiger partial charge in [0.05, 0.1) is 5.69 Å². The van der Waals surface area contributed by atoms with Crippen LogP contribution in [0, 0.1) is 19.3 Å². The molecule has 1 N–H and O–H groups in total. The van der Waals surface area contributed by atoms with Gasteiger partial charge in [-0.2, -0.15) is 5.10 Å². The predicted molar refractivity (Wildman–Crippen MR) is 115 cm³/mol. The first-order valence-electron chi connectivity index (χ1n) is 9.59. The highest BCUT2D eigenvalue weighted by Crippen LogP contribution is 2.43. The molecule has 1 aliphatic carbocycles. The Labute approximate surface area is 169 Å². The molecule has 5 nitrogen and oxygen atoms in total. The third-order valence-corrected chi connectivity index (χ3v) is 5.80. The van der Waals surface area contributed by atoms with Crippen molar-refractivity contribution in [2.75, 3.05) is 26.7 Å². The minimum absolute atomic E-state index is 0. The van der Waals surface area contributed by atoms with Gasteiger partial charge in [0.2, 0.25) is 0 Å². The molecule has 1 aliphatic heterocycles. The Morgan fingerprint density at radius 1 is 1.24 bits per heavy atom. The molecule has 1 saturated carbocycles. The molecule has 1 aromatic heterocycles. The zero-order chi connectivity index (χ0) is 17.0. The number of aryl methyl sites for hydroxylation is 3. The molecule has 0 amide bonds. The van der Waals surface area contributed by atoms with Crippen LogP contribution in [0.15, 0.2) is 11.1 Å². The lowest BCUT2D eigenvalue weighted by molar-refractivity contribution is 0.203. The van der Waals surface area contributed by atoms with Crippen molar-refractivity contribution in [1.29, 1.82) is 0 Å². The largest absolute Gasteiger partial charge is 0.356 e. The van der Waals surface area contributed by atoms with Crippen LogP contribution in [0.2, 0.25) is 0 Å². The van der Waals surface area contributed by atoms with Crippen LogP contribution in [0.5, 0.6) is 0 Å². The van der Waals surface area contributed by atoms with E-state index < -0.39 is 0 Å². The maximum atomic E-state index is 4.53. The van der Waals surface area contributed by atoms with Crippen LogP contribution in [-0.2, 0) is 6.54 Å². The summed E-state index contributed by atoms with van der Waals surface area (Å²) in [5, 5.41) is 8.09. The zero-order valence-corrected chi connectivity index (χ0v) is 18.4. The highest BCUT2D eigenvalue weighted by Gasteiger charge is 2.39. The number of halogens is 1. The summed E-state index contributed by atoms with van der Waals surface area (Å²) in [5.41, 5.74) is 2.93. The van der Waals surface area contributed by atoms with Gasteiger partial charge in [-0.1, -0.05) is 19.3 Å². The molecule has 1 aromatic rings. The van der Waals surface area contributed by atoms with Gasteiger partial charge < -0.3 is 10.2 Å². The van der Waals surface area contributed by atoms with Gasteiger partial charge in [0.15, 0.2) is 5.96 Å². The first kappa shape index (κ1) is 20.5. The van der Waals surface area contributed by atoms with Crippen molar-refractivity contribution >= 4 is 29.9 Å². The number of likely N-dealkylation sites (tertiary alicyclic amines) is 1. The van der Waals surface area contributed by atoms with Crippen LogP contribution in [0.1, 0.15) is 56.3 Å². The maximum absolute atomic E-state index is 4.53. The third-order valence-electron chi connectivity index (χ3n) is 5.80. The summed E-state index contributed by atoms with van der Waals surface area (Å²) in [6.07, 6.45) is 9.52. The van der Waals surface area contributed by atoms with E-state index in [0.29, 0.717) is 5.41 Å². The SMILES string of the molecule is CN=C(NCCCn1nc(C)cc1C)N1CCC2(CCCCC2)C1.I. The number of guanidine groups is 1. The molecule has 2 aliphatic rings. The average molecular weight is 459 g/mol. The standard InChI is InChI=1S/C19H33N5.HI/c1-16-14-17(2)24(22-16)12-7-11-21-18(20-3)23-13-10-19(15-23)8-5-4-6-9-19;/h14H,4-13,15H2,1-3H3,(H,20,21);1H. The van der Waals surface area contributed by atoms with Gasteiger partial charge in [-0.25, -0.2) is 0 Å². The van der Waals surface area contributed by atoms with E-state index in [0.717, 1.165) is 37.7 Å². The molecule has 0 radical (unpaired) electrons. The van der Waals surface area contributed by atoms with Crippen molar-refractivity contribution in [3.63, 3.8) is 0 Å². The van der Waals surface area contributed by atoms with E-state index >= 15 is 0 Å². The summed E-state index contributed by atoms with van der Waals surface area (Å²) >= 11 is 0. The minimum atomic E-state index is 0. The molecule has 0 bridgehead atoms. The molecule has 0 atom stereocenters. The van der Waals surface area contributed by atoms with Crippen LogP contribution in [0.4, 0.5) is 0 Å². The summed E-state index contributed by atoms with van der Waals surface area (Å²) in [6.45, 7) is 8.46. The number of aromatic nitrogens is 2. The molecule has 142 valence electrons. The third kappa shape index (κ3) is 5.11. The summed E-state index contributed by atoms with van der Waals surface area (Å²) in [6, 6.07) is 2.14. The molecule has 2 fully saturated rings. The highest BCUT2D eigenvalue weighted by molar-refractivity contribution is 14.0. The number of hydrogen-bond acceptors (Lipinski definition) is 2. The minimum Gasteiger partial charge on any atom is -0.356 e. The lowest BCUT2D eigenvalue weighted by atomic mass is 9.73. The highest BCUT2D eigenvalue weighted by atomic mass is 127. The van der Waals surface area contributed by atoms with Crippen LogP contribution in [0.3, 0.4) is 0 Å². The van der Waals surface area contributed by atoms with Crippen LogP contribution in [0.25, 0.3) is 0 Å². The maximum Gasteiger partial charge on any atom is 0.193 e. The van der Waals surface area contributed by atoms with E-state index in [9.17, 15) is 0 Å². The molecular weight excluding hydrogens is 425 g/mol. The summed E-state index contributed by atoms with van der Waals surface area (Å²) in [4.78, 5) is 7.00. The predicted octanol–water partition coefficient (Wildman–Crippen LogP) is 3.74. The average Bonchev–Trinajstić information content (AvgIpc) is 3.11. The van der Waals surface area contributed by atoms with Crippen LogP contribution >= 0.6 is 24.0 Å². The van der Waals surface area contributed by atoms with Crippen molar-refractivity contribution < 1.29 is 0 Å². The van der Waals surface area contributed by atoms with Gasteiger partial charge >= 0.3 is 0 Å². The molecule has 1 spiro atoms. The molecule has 2 heterocycles. The second-order valence-corrected chi connectivity index (χ2v) is 7.71. The van der Waals surface area contributed by atoms with Crippen LogP contribution in [-0.4, -0.2) is 47.3 Å². The van der Waals surface area contributed by atoms with Crippen molar-refractivity contribution in [2.24, 2.45) is 10.4 Å². The normalized spacial score (nSPS) is 20.0. The van der Waals surface area contributed by atoms with Gasteiger partial charge in [0, 0.05) is 38.9 Å². The molecule has 0 unspecified atom stereocenters. The van der Waals surface area contributed by atoms with Crippen molar-refractivity contribution in [3.8, 4) is 0 Å². The van der Waals surface area contributed by atoms with E-state index in [4.69, 9.17) is 0 Å². The van der Waals surface area contributed by atoms with Gasteiger partial charge in [0.1, 0.15) is 0 Å². The van der Waals surface area contributed by atoms with Gasteiger partial charge in [0.25, 0.3) is 0 Å². The lowest BCUT2D eigenvalue weighted by Gasteiger charge is -2.33. The fraction of sp³-hybridized carbons (Fsp3) is 0.789. The van der Waals surface area contributed by atoms with Crippen molar-refractivity contribution in [1.82, 2.24) is 20.0 Å². The monoisotopic (exact) mass is 459 g/mol. The number of rotatable bonds is 4. The molecule has 6 heteroatoms. The molecule has 25 heavy (non-hydrogen) atoms. The molecule has 1 saturated heterocycles. The fourth-order valence-corrected chi connectivity index (χ4v) is 4.49. The molecule has 3 rings (SSSR count). The van der Waals surface area contributed by atoms with Crippen molar-refractivity contribution in [3.05, 3.63) is 17.5 Å².